The summed E-state index contributed by atoms with van der Waals surface area (Å²) in [5.41, 5.74) is 0.788. The van der Waals surface area contributed by atoms with Crippen LogP contribution < -0.4 is 10.6 Å². The van der Waals surface area contributed by atoms with Gasteiger partial charge >= 0.3 is 6.09 Å². The molecule has 3 amide bonds. The van der Waals surface area contributed by atoms with Crippen molar-refractivity contribution in [2.24, 2.45) is 5.92 Å². The van der Waals surface area contributed by atoms with Gasteiger partial charge in [-0.25, -0.2) is 4.79 Å². The van der Waals surface area contributed by atoms with Crippen molar-refractivity contribution in [3.05, 3.63) is 65.7 Å². The van der Waals surface area contributed by atoms with Gasteiger partial charge in [0.25, 0.3) is 0 Å². The third kappa shape index (κ3) is 10.5. The molecule has 0 saturated heterocycles. The molecule has 0 aliphatic rings. The van der Waals surface area contributed by atoms with E-state index in [1.807, 2.05) is 44.2 Å². The number of nitrogens with zero attached hydrogens (tertiary/aromatic N) is 1. The van der Waals surface area contributed by atoms with Gasteiger partial charge in [0.05, 0.1) is 0 Å². The van der Waals surface area contributed by atoms with Crippen LogP contribution in [0.4, 0.5) is 4.79 Å². The molecule has 3 unspecified atom stereocenters. The van der Waals surface area contributed by atoms with Crippen molar-refractivity contribution >= 4 is 17.9 Å². The number of benzene rings is 2. The Balaban J connectivity index is 2.47. The molecule has 2 rings (SSSR count). The highest BCUT2D eigenvalue weighted by atomic mass is 16.6. The summed E-state index contributed by atoms with van der Waals surface area (Å²) in [7, 11) is 0. The molecule has 0 heterocycles. The molecule has 0 aromatic heterocycles. The zero-order valence-corrected chi connectivity index (χ0v) is 24.9. The van der Waals surface area contributed by atoms with Crippen LogP contribution in [0.3, 0.4) is 0 Å². The summed E-state index contributed by atoms with van der Waals surface area (Å²) in [5, 5.41) is 15.7. The largest absolute Gasteiger partial charge is 0.508 e. The second-order valence-electron chi connectivity index (χ2n) is 11.3. The number of hydrogen-bond donors (Lipinski definition) is 3. The van der Waals surface area contributed by atoms with E-state index >= 15 is 0 Å². The fraction of sp³-hybridized carbons (Fsp3) is 0.531. The molecule has 0 radical (unpaired) electrons. The van der Waals surface area contributed by atoms with Crippen molar-refractivity contribution < 1.29 is 24.2 Å². The van der Waals surface area contributed by atoms with E-state index < -0.39 is 23.8 Å². The molecule has 2 aromatic rings. The minimum atomic E-state index is -0.953. The number of phenols is 1. The average Bonchev–Trinajstić information content (AvgIpc) is 2.91. The van der Waals surface area contributed by atoms with Crippen molar-refractivity contribution in [3.8, 4) is 5.75 Å². The Bertz CT molecular complexity index is 1070. The van der Waals surface area contributed by atoms with Gasteiger partial charge in [0, 0.05) is 13.1 Å². The molecule has 2 aromatic carbocycles. The van der Waals surface area contributed by atoms with E-state index in [0.717, 1.165) is 24.8 Å². The maximum absolute atomic E-state index is 14.3. The van der Waals surface area contributed by atoms with Gasteiger partial charge in [-0.3, -0.25) is 9.59 Å². The molecular formula is C32H47N3O5. The second kappa shape index (κ2) is 15.9. The summed E-state index contributed by atoms with van der Waals surface area (Å²) in [4.78, 5) is 42.5. The van der Waals surface area contributed by atoms with Crippen LogP contribution in [-0.2, 0) is 20.9 Å². The summed E-state index contributed by atoms with van der Waals surface area (Å²) < 4.78 is 5.47. The molecule has 8 heteroatoms. The van der Waals surface area contributed by atoms with Crippen LogP contribution in [-0.4, -0.2) is 46.1 Å². The number of nitrogens with one attached hydrogen (secondary N) is 2. The standard InChI is InChI=1S/C32H47N3O5/c1-7-9-10-14-21-35(30(38)27(23(3)8-2)34-31(39)40-32(4,5)6)28(25-17-19-26(36)20-18-25)29(37)33-22-24-15-12-11-13-16-24/h11-13,15-20,23,27-28,36H,7-10,14,21-22H2,1-6H3,(H,33,37)(H,34,39). The first-order valence-corrected chi connectivity index (χ1v) is 14.4. The number of ether oxygens (including phenoxy) is 1. The predicted molar refractivity (Wildman–Crippen MR) is 158 cm³/mol. The van der Waals surface area contributed by atoms with Gasteiger partial charge < -0.3 is 25.4 Å². The van der Waals surface area contributed by atoms with Crippen molar-refractivity contribution in [3.63, 3.8) is 0 Å². The molecule has 0 fully saturated rings. The Kier molecular flexibility index (Phi) is 13.0. The molecule has 0 saturated carbocycles. The Hall–Kier alpha value is -3.55. The number of rotatable bonds is 14. The van der Waals surface area contributed by atoms with E-state index in [-0.39, 0.29) is 23.5 Å². The summed E-state index contributed by atoms with van der Waals surface area (Å²) in [5.74, 6) is -0.814. The molecule has 0 aliphatic heterocycles. The normalized spacial score (nSPS) is 13.6. The first kappa shape index (κ1) is 32.7. The highest BCUT2D eigenvalue weighted by molar-refractivity contribution is 5.92. The average molecular weight is 554 g/mol. The topological polar surface area (TPSA) is 108 Å². The van der Waals surface area contributed by atoms with Crippen LogP contribution in [0, 0.1) is 5.92 Å². The molecular weight excluding hydrogens is 506 g/mol. The second-order valence-corrected chi connectivity index (χ2v) is 11.3. The first-order valence-electron chi connectivity index (χ1n) is 14.4. The zero-order chi connectivity index (χ0) is 29.7. The lowest BCUT2D eigenvalue weighted by Crippen LogP contribution is -2.55. The van der Waals surface area contributed by atoms with Gasteiger partial charge in [0.1, 0.15) is 23.4 Å². The number of carbonyl (C=O) groups excluding carboxylic acids is 3. The molecule has 0 spiro atoms. The van der Waals surface area contributed by atoms with Crippen molar-refractivity contribution in [1.82, 2.24) is 15.5 Å². The minimum Gasteiger partial charge on any atom is -0.508 e. The Morgan fingerprint density at radius 3 is 2.17 bits per heavy atom. The maximum Gasteiger partial charge on any atom is 0.408 e. The number of carbonyl (C=O) groups is 3. The molecule has 0 bridgehead atoms. The molecule has 3 N–H and O–H groups in total. The number of aromatic hydroxyl groups is 1. The van der Waals surface area contributed by atoms with Crippen molar-refractivity contribution in [2.45, 2.75) is 97.9 Å². The van der Waals surface area contributed by atoms with Crippen LogP contribution >= 0.6 is 0 Å². The number of alkyl carbamates (subject to hydrolysis) is 1. The van der Waals surface area contributed by atoms with Crippen LogP contribution in [0.2, 0.25) is 0 Å². The molecule has 8 nitrogen and oxygen atoms in total. The number of unbranched alkanes of at least 4 members (excludes halogenated alkanes) is 3. The van der Waals surface area contributed by atoms with Gasteiger partial charge in [-0.1, -0.05) is 88.9 Å². The van der Waals surface area contributed by atoms with E-state index in [2.05, 4.69) is 17.6 Å². The van der Waals surface area contributed by atoms with E-state index in [4.69, 9.17) is 4.74 Å². The van der Waals surface area contributed by atoms with Crippen LogP contribution in [0.5, 0.6) is 5.75 Å². The van der Waals surface area contributed by atoms with Crippen LogP contribution in [0.25, 0.3) is 0 Å². The van der Waals surface area contributed by atoms with E-state index in [1.54, 1.807) is 37.8 Å². The summed E-state index contributed by atoms with van der Waals surface area (Å²) in [6.45, 7) is 11.9. The number of amides is 3. The van der Waals surface area contributed by atoms with E-state index in [0.29, 0.717) is 31.5 Å². The van der Waals surface area contributed by atoms with Crippen molar-refractivity contribution in [2.75, 3.05) is 6.54 Å². The third-order valence-electron chi connectivity index (χ3n) is 6.77. The summed E-state index contributed by atoms with van der Waals surface area (Å²) >= 11 is 0. The molecule has 220 valence electrons. The van der Waals surface area contributed by atoms with Crippen LogP contribution in [0.1, 0.15) is 90.8 Å². The monoisotopic (exact) mass is 553 g/mol. The summed E-state index contributed by atoms with van der Waals surface area (Å²) in [6, 6.07) is 14.1. The fourth-order valence-electron chi connectivity index (χ4n) is 4.38. The van der Waals surface area contributed by atoms with Gasteiger partial charge in [-0.15, -0.1) is 0 Å². The lowest BCUT2D eigenvalue weighted by atomic mass is 9.95. The highest BCUT2D eigenvalue weighted by Crippen LogP contribution is 2.27. The quantitative estimate of drug-likeness (QED) is 0.245. The van der Waals surface area contributed by atoms with Gasteiger partial charge in [0.2, 0.25) is 11.8 Å². The number of phenolic OH excluding ortho intramolecular Hbond substituents is 1. The maximum atomic E-state index is 14.3. The molecule has 0 aliphatic carbocycles. The Morgan fingerprint density at radius 2 is 1.60 bits per heavy atom. The van der Waals surface area contributed by atoms with Gasteiger partial charge in [-0.05, 0) is 56.4 Å². The Labute approximate surface area is 239 Å². The SMILES string of the molecule is CCCCCCN(C(=O)C(NC(=O)OC(C)(C)C)C(C)CC)C(C(=O)NCc1ccccc1)c1ccc(O)cc1. The van der Waals surface area contributed by atoms with Crippen molar-refractivity contribution in [1.29, 1.82) is 0 Å². The first-order chi connectivity index (χ1) is 19.0. The zero-order valence-electron chi connectivity index (χ0n) is 24.9. The molecule has 40 heavy (non-hydrogen) atoms. The lowest BCUT2D eigenvalue weighted by Gasteiger charge is -2.36. The Morgan fingerprint density at radius 1 is 0.950 bits per heavy atom. The van der Waals surface area contributed by atoms with Crippen LogP contribution in [0.15, 0.2) is 54.6 Å². The minimum absolute atomic E-state index is 0.0668. The lowest BCUT2D eigenvalue weighted by molar-refractivity contribution is -0.143. The number of hydrogen-bond acceptors (Lipinski definition) is 5. The predicted octanol–water partition coefficient (Wildman–Crippen LogP) is 6.10. The summed E-state index contributed by atoms with van der Waals surface area (Å²) in [6.07, 6.45) is 3.62. The van der Waals surface area contributed by atoms with E-state index in [9.17, 15) is 19.5 Å². The smallest absolute Gasteiger partial charge is 0.408 e. The fourth-order valence-corrected chi connectivity index (χ4v) is 4.38. The highest BCUT2D eigenvalue weighted by Gasteiger charge is 2.37. The van der Waals surface area contributed by atoms with Gasteiger partial charge in [-0.2, -0.15) is 0 Å². The van der Waals surface area contributed by atoms with E-state index in [1.165, 1.54) is 12.1 Å². The third-order valence-corrected chi connectivity index (χ3v) is 6.77. The van der Waals surface area contributed by atoms with Gasteiger partial charge in [0.15, 0.2) is 0 Å². The molecule has 3 atom stereocenters.